The van der Waals surface area contributed by atoms with Gasteiger partial charge in [-0.1, -0.05) is 39.0 Å². The Labute approximate surface area is 176 Å². The molecule has 30 heavy (non-hydrogen) atoms. The van der Waals surface area contributed by atoms with Crippen molar-refractivity contribution in [2.45, 2.75) is 70.3 Å². The van der Waals surface area contributed by atoms with Crippen LogP contribution in [0.3, 0.4) is 0 Å². The molecule has 168 valence electrons. The van der Waals surface area contributed by atoms with Gasteiger partial charge >= 0.3 is 5.69 Å². The van der Waals surface area contributed by atoms with Crippen molar-refractivity contribution >= 4 is 12.0 Å². The summed E-state index contributed by atoms with van der Waals surface area (Å²) in [6, 6.07) is 0. The molecule has 0 bridgehead atoms. The lowest BCUT2D eigenvalue weighted by Crippen LogP contribution is -2.33. The number of nitrogens with zero attached hydrogens (tertiary/aromatic N) is 1. The lowest BCUT2D eigenvalue weighted by atomic mass is 10.1. The number of aromatic amines is 1. The SMILES string of the molecule is CCCCCCCCNC(=O)/C=C/c1cn(C2CC(O)C(COC)O2)c(=O)[nH]c1=O. The second-order valence-electron chi connectivity index (χ2n) is 7.53. The number of methoxy groups -OCH3 is 1. The number of carbonyl (C=O) groups excluding carboxylic acids is 1. The summed E-state index contributed by atoms with van der Waals surface area (Å²) in [5, 5.41) is 12.8. The number of rotatable bonds is 12. The number of aliphatic hydroxyl groups is 1. The van der Waals surface area contributed by atoms with Gasteiger partial charge in [-0.25, -0.2) is 4.79 Å². The summed E-state index contributed by atoms with van der Waals surface area (Å²) < 4.78 is 11.9. The van der Waals surface area contributed by atoms with Gasteiger partial charge in [0.15, 0.2) is 0 Å². The minimum Gasteiger partial charge on any atom is -0.390 e. The average molecular weight is 424 g/mol. The van der Waals surface area contributed by atoms with Crippen LogP contribution in [0.15, 0.2) is 21.9 Å². The predicted octanol–water partition coefficient (Wildman–Crippen LogP) is 1.32. The first-order chi connectivity index (χ1) is 14.5. The fraction of sp³-hybridized carbons (Fsp3) is 0.667. The summed E-state index contributed by atoms with van der Waals surface area (Å²) in [5.74, 6) is -0.298. The minimum atomic E-state index is -0.777. The highest BCUT2D eigenvalue weighted by molar-refractivity contribution is 5.91. The van der Waals surface area contributed by atoms with Crippen molar-refractivity contribution in [3.63, 3.8) is 0 Å². The molecule has 0 saturated carbocycles. The second kappa shape index (κ2) is 12.5. The molecule has 1 amide bonds. The van der Waals surface area contributed by atoms with E-state index in [-0.39, 0.29) is 24.5 Å². The van der Waals surface area contributed by atoms with Crippen LogP contribution >= 0.6 is 0 Å². The monoisotopic (exact) mass is 423 g/mol. The molecule has 0 radical (unpaired) electrons. The Morgan fingerprint density at radius 2 is 2.07 bits per heavy atom. The number of nitrogens with one attached hydrogen (secondary N) is 2. The van der Waals surface area contributed by atoms with Crippen LogP contribution in [0.5, 0.6) is 0 Å². The summed E-state index contributed by atoms with van der Waals surface area (Å²) in [7, 11) is 1.50. The molecule has 2 rings (SSSR count). The molecule has 9 heteroatoms. The molecule has 1 aliphatic rings. The zero-order chi connectivity index (χ0) is 21.9. The van der Waals surface area contributed by atoms with Crippen LogP contribution in [-0.4, -0.2) is 53.0 Å². The zero-order valence-corrected chi connectivity index (χ0v) is 17.8. The van der Waals surface area contributed by atoms with Gasteiger partial charge in [0.25, 0.3) is 5.56 Å². The van der Waals surface area contributed by atoms with Crippen LogP contribution < -0.4 is 16.6 Å². The predicted molar refractivity (Wildman–Crippen MR) is 113 cm³/mol. The maximum atomic E-state index is 12.2. The number of hydrogen-bond donors (Lipinski definition) is 3. The van der Waals surface area contributed by atoms with Crippen LogP contribution in [0.25, 0.3) is 6.08 Å². The summed E-state index contributed by atoms with van der Waals surface area (Å²) in [6.45, 7) is 2.95. The van der Waals surface area contributed by atoms with Crippen LogP contribution in [0.2, 0.25) is 0 Å². The summed E-state index contributed by atoms with van der Waals surface area (Å²) in [4.78, 5) is 38.4. The zero-order valence-electron chi connectivity index (χ0n) is 17.8. The first-order valence-corrected chi connectivity index (χ1v) is 10.6. The van der Waals surface area contributed by atoms with Crippen molar-refractivity contribution in [2.24, 2.45) is 0 Å². The van der Waals surface area contributed by atoms with Crippen molar-refractivity contribution in [1.29, 1.82) is 0 Å². The average Bonchev–Trinajstić information content (AvgIpc) is 3.07. The summed E-state index contributed by atoms with van der Waals surface area (Å²) in [6.07, 6.45) is 8.94. The molecule has 1 aliphatic heterocycles. The highest BCUT2D eigenvalue weighted by Gasteiger charge is 2.35. The number of amides is 1. The first-order valence-electron chi connectivity index (χ1n) is 10.6. The van der Waals surface area contributed by atoms with Crippen LogP contribution in [0, 0.1) is 0 Å². The maximum absolute atomic E-state index is 12.2. The quantitative estimate of drug-likeness (QED) is 0.344. The van der Waals surface area contributed by atoms with Gasteiger partial charge in [0.05, 0.1) is 18.3 Å². The molecule has 3 atom stereocenters. The molecule has 1 fully saturated rings. The van der Waals surface area contributed by atoms with E-state index in [0.29, 0.717) is 6.54 Å². The Bertz CT molecular complexity index is 816. The van der Waals surface area contributed by atoms with E-state index in [1.807, 2.05) is 0 Å². The molecule has 1 saturated heterocycles. The molecule has 0 spiro atoms. The standard InChI is InChI=1S/C21H33N3O6/c1-3-4-5-6-7-8-11-22-18(26)10-9-15-13-24(21(28)23-20(15)27)19-12-16(25)17(30-19)14-29-2/h9-10,13,16-17,19,25H,3-8,11-12,14H2,1-2H3,(H,22,26)(H,23,27,28)/b10-9+. The highest BCUT2D eigenvalue weighted by Crippen LogP contribution is 2.27. The third-order valence-electron chi connectivity index (χ3n) is 5.08. The van der Waals surface area contributed by atoms with Gasteiger partial charge in [-0.15, -0.1) is 0 Å². The fourth-order valence-electron chi connectivity index (χ4n) is 3.38. The van der Waals surface area contributed by atoms with Crippen molar-refractivity contribution in [3.05, 3.63) is 38.7 Å². The number of carbonyl (C=O) groups is 1. The lowest BCUT2D eigenvalue weighted by molar-refractivity contribution is -0.116. The van der Waals surface area contributed by atoms with E-state index in [2.05, 4.69) is 17.2 Å². The molecule has 3 N–H and O–H groups in total. The smallest absolute Gasteiger partial charge is 0.330 e. The molecular formula is C21H33N3O6. The van der Waals surface area contributed by atoms with Gasteiger partial charge in [0.1, 0.15) is 12.3 Å². The van der Waals surface area contributed by atoms with E-state index >= 15 is 0 Å². The van der Waals surface area contributed by atoms with Crippen molar-refractivity contribution in [2.75, 3.05) is 20.3 Å². The lowest BCUT2D eigenvalue weighted by Gasteiger charge is -2.15. The van der Waals surface area contributed by atoms with Crippen molar-refractivity contribution in [1.82, 2.24) is 14.9 Å². The van der Waals surface area contributed by atoms with E-state index in [0.717, 1.165) is 12.8 Å². The van der Waals surface area contributed by atoms with Crippen LogP contribution in [-0.2, 0) is 14.3 Å². The summed E-state index contributed by atoms with van der Waals surface area (Å²) in [5.41, 5.74) is -1.08. The topological polar surface area (TPSA) is 123 Å². The molecule has 0 aliphatic carbocycles. The van der Waals surface area contributed by atoms with Gasteiger partial charge in [0.2, 0.25) is 5.91 Å². The minimum absolute atomic E-state index is 0.151. The molecule has 2 heterocycles. The van der Waals surface area contributed by atoms with Gasteiger partial charge in [-0.2, -0.15) is 0 Å². The fourth-order valence-corrected chi connectivity index (χ4v) is 3.38. The molecule has 9 nitrogen and oxygen atoms in total. The number of unbranched alkanes of at least 4 members (excludes halogenated alkanes) is 5. The van der Waals surface area contributed by atoms with Crippen molar-refractivity contribution < 1.29 is 19.4 Å². The Kier molecular flexibility index (Phi) is 9.99. The van der Waals surface area contributed by atoms with E-state index in [1.54, 1.807) is 0 Å². The number of hydrogen-bond acceptors (Lipinski definition) is 6. The van der Waals surface area contributed by atoms with Crippen LogP contribution in [0.1, 0.15) is 63.7 Å². The number of aliphatic hydroxyl groups excluding tert-OH is 1. The number of aromatic nitrogens is 2. The summed E-state index contributed by atoms with van der Waals surface area (Å²) >= 11 is 0. The van der Waals surface area contributed by atoms with E-state index in [1.165, 1.54) is 55.7 Å². The maximum Gasteiger partial charge on any atom is 0.330 e. The van der Waals surface area contributed by atoms with Gasteiger partial charge in [-0.05, 0) is 12.5 Å². The third-order valence-corrected chi connectivity index (χ3v) is 5.08. The molecule has 1 aromatic heterocycles. The normalized spacial score (nSPS) is 21.4. The van der Waals surface area contributed by atoms with E-state index < -0.39 is 29.7 Å². The molecule has 1 aromatic rings. The Hall–Kier alpha value is -2.23. The Morgan fingerprint density at radius 3 is 2.80 bits per heavy atom. The molecule has 0 aromatic carbocycles. The van der Waals surface area contributed by atoms with Gasteiger partial charge < -0.3 is 19.9 Å². The van der Waals surface area contributed by atoms with Gasteiger partial charge in [-0.3, -0.25) is 19.1 Å². The molecule has 3 unspecified atom stereocenters. The van der Waals surface area contributed by atoms with Crippen LogP contribution in [0.4, 0.5) is 0 Å². The Balaban J connectivity index is 1.93. The number of ether oxygens (including phenoxy) is 2. The third kappa shape index (κ3) is 7.23. The van der Waals surface area contributed by atoms with E-state index in [9.17, 15) is 19.5 Å². The highest BCUT2D eigenvalue weighted by atomic mass is 16.6. The van der Waals surface area contributed by atoms with Gasteiger partial charge in [0, 0.05) is 32.3 Å². The molecular weight excluding hydrogens is 390 g/mol. The first kappa shape index (κ1) is 24.0. The number of H-pyrrole nitrogens is 1. The van der Waals surface area contributed by atoms with Crippen molar-refractivity contribution in [3.8, 4) is 0 Å². The second-order valence-corrected chi connectivity index (χ2v) is 7.53. The largest absolute Gasteiger partial charge is 0.390 e. The Morgan fingerprint density at radius 1 is 1.33 bits per heavy atom. The van der Waals surface area contributed by atoms with E-state index in [4.69, 9.17) is 9.47 Å².